The number of morpholine rings is 1. The molecule has 1 amide bonds. The maximum absolute atomic E-state index is 12.7. The summed E-state index contributed by atoms with van der Waals surface area (Å²) in [5.74, 6) is 1.03. The molecule has 2 aliphatic heterocycles. The Morgan fingerprint density at radius 1 is 1.16 bits per heavy atom. The van der Waals surface area contributed by atoms with Gasteiger partial charge in [0.1, 0.15) is 0 Å². The van der Waals surface area contributed by atoms with E-state index in [0.29, 0.717) is 11.8 Å². The smallest absolute Gasteiger partial charge is 0.225 e. The van der Waals surface area contributed by atoms with E-state index in [4.69, 9.17) is 16.3 Å². The van der Waals surface area contributed by atoms with Gasteiger partial charge in [-0.15, -0.1) is 0 Å². The normalized spacial score (nSPS) is 21.3. The first-order valence-corrected chi connectivity index (χ1v) is 9.83. The molecule has 0 saturated carbocycles. The van der Waals surface area contributed by atoms with Crippen LogP contribution in [0.2, 0.25) is 5.02 Å². The Balaban J connectivity index is 1.43. The molecular weight excluding hydrogens is 336 g/mol. The number of hydrogen-bond acceptors (Lipinski definition) is 3. The molecular formula is C20H29ClN2O2. The van der Waals surface area contributed by atoms with E-state index >= 15 is 0 Å². The van der Waals surface area contributed by atoms with Crippen LogP contribution in [-0.2, 0) is 16.0 Å². The van der Waals surface area contributed by atoms with Crippen LogP contribution in [0.25, 0.3) is 0 Å². The summed E-state index contributed by atoms with van der Waals surface area (Å²) < 4.78 is 5.42. The highest BCUT2D eigenvalue weighted by molar-refractivity contribution is 6.30. The fourth-order valence-corrected chi connectivity index (χ4v) is 3.98. The maximum Gasteiger partial charge on any atom is 0.225 e. The summed E-state index contributed by atoms with van der Waals surface area (Å²) in [5.41, 5.74) is 1.17. The van der Waals surface area contributed by atoms with Crippen LogP contribution in [0.4, 0.5) is 0 Å². The van der Waals surface area contributed by atoms with E-state index < -0.39 is 0 Å². The highest BCUT2D eigenvalue weighted by Crippen LogP contribution is 2.22. The lowest BCUT2D eigenvalue weighted by Crippen LogP contribution is -2.45. The van der Waals surface area contributed by atoms with Crippen LogP contribution in [0.5, 0.6) is 0 Å². The number of ether oxygens (including phenoxy) is 1. The Morgan fingerprint density at radius 3 is 2.44 bits per heavy atom. The molecule has 2 saturated heterocycles. The predicted molar refractivity (Wildman–Crippen MR) is 101 cm³/mol. The van der Waals surface area contributed by atoms with Crippen molar-refractivity contribution in [3.05, 3.63) is 34.9 Å². The average Bonchev–Trinajstić information content (AvgIpc) is 2.64. The highest BCUT2D eigenvalue weighted by atomic mass is 35.5. The summed E-state index contributed by atoms with van der Waals surface area (Å²) in [5, 5.41) is 0.741. The lowest BCUT2D eigenvalue weighted by molar-refractivity contribution is -0.136. The van der Waals surface area contributed by atoms with Gasteiger partial charge in [-0.05, 0) is 42.9 Å². The monoisotopic (exact) mass is 364 g/mol. The van der Waals surface area contributed by atoms with Crippen LogP contribution in [-0.4, -0.2) is 61.6 Å². The van der Waals surface area contributed by atoms with Gasteiger partial charge < -0.3 is 9.64 Å². The van der Waals surface area contributed by atoms with Gasteiger partial charge in [0, 0.05) is 43.7 Å². The van der Waals surface area contributed by atoms with Crippen molar-refractivity contribution in [2.45, 2.75) is 26.2 Å². The van der Waals surface area contributed by atoms with Crippen molar-refractivity contribution in [1.82, 2.24) is 9.80 Å². The average molecular weight is 365 g/mol. The van der Waals surface area contributed by atoms with Crippen molar-refractivity contribution in [2.24, 2.45) is 11.8 Å². The standard InChI is InChI=1S/C20H29ClN2O2/c1-16(14-17-2-4-19(21)5-3-17)20(24)23-8-6-18(7-9-23)15-22-10-12-25-13-11-22/h2-5,16,18H,6-15H2,1H3. The van der Waals surface area contributed by atoms with Gasteiger partial charge in [0.05, 0.1) is 13.2 Å². The Kier molecular flexibility index (Phi) is 6.74. The van der Waals surface area contributed by atoms with Gasteiger partial charge in [-0.25, -0.2) is 0 Å². The number of piperidine rings is 1. The molecule has 5 heteroatoms. The number of likely N-dealkylation sites (tertiary alicyclic amines) is 1. The number of carbonyl (C=O) groups is 1. The first kappa shape index (κ1) is 18.7. The molecule has 2 fully saturated rings. The van der Waals surface area contributed by atoms with E-state index in [-0.39, 0.29) is 5.92 Å². The number of hydrogen-bond donors (Lipinski definition) is 0. The zero-order valence-corrected chi connectivity index (χ0v) is 15.9. The van der Waals surface area contributed by atoms with E-state index in [1.807, 2.05) is 31.2 Å². The van der Waals surface area contributed by atoms with Crippen molar-refractivity contribution in [3.8, 4) is 0 Å². The number of amides is 1. The van der Waals surface area contributed by atoms with E-state index in [1.165, 1.54) is 5.56 Å². The number of rotatable bonds is 5. The van der Waals surface area contributed by atoms with Crippen LogP contribution in [0.15, 0.2) is 24.3 Å². The summed E-state index contributed by atoms with van der Waals surface area (Å²) in [4.78, 5) is 17.3. The van der Waals surface area contributed by atoms with Gasteiger partial charge in [0.15, 0.2) is 0 Å². The van der Waals surface area contributed by atoms with Crippen LogP contribution in [0.3, 0.4) is 0 Å². The molecule has 0 N–H and O–H groups in total. The predicted octanol–water partition coefficient (Wildman–Crippen LogP) is 3.09. The van der Waals surface area contributed by atoms with Crippen LogP contribution >= 0.6 is 11.6 Å². The molecule has 0 spiro atoms. The second kappa shape index (κ2) is 9.02. The molecule has 0 radical (unpaired) electrons. The van der Waals surface area contributed by atoms with Gasteiger partial charge >= 0.3 is 0 Å². The fourth-order valence-electron chi connectivity index (χ4n) is 3.86. The van der Waals surface area contributed by atoms with Crippen molar-refractivity contribution >= 4 is 17.5 Å². The number of carbonyl (C=O) groups excluding carboxylic acids is 1. The first-order valence-electron chi connectivity index (χ1n) is 9.45. The lowest BCUT2D eigenvalue weighted by Gasteiger charge is -2.37. The van der Waals surface area contributed by atoms with Crippen molar-refractivity contribution < 1.29 is 9.53 Å². The first-order chi connectivity index (χ1) is 12.1. The summed E-state index contributed by atoms with van der Waals surface area (Å²) in [6, 6.07) is 7.82. The molecule has 138 valence electrons. The molecule has 4 nitrogen and oxygen atoms in total. The largest absolute Gasteiger partial charge is 0.379 e. The highest BCUT2D eigenvalue weighted by Gasteiger charge is 2.27. The van der Waals surface area contributed by atoms with Crippen molar-refractivity contribution in [3.63, 3.8) is 0 Å². The number of nitrogens with zero attached hydrogens (tertiary/aromatic N) is 2. The van der Waals surface area contributed by atoms with Crippen molar-refractivity contribution in [2.75, 3.05) is 45.9 Å². The molecule has 1 aromatic rings. The third-order valence-corrected chi connectivity index (χ3v) is 5.67. The van der Waals surface area contributed by atoms with E-state index in [0.717, 1.165) is 70.2 Å². The zero-order chi connectivity index (χ0) is 17.6. The van der Waals surface area contributed by atoms with Gasteiger partial charge in [-0.2, -0.15) is 0 Å². The Morgan fingerprint density at radius 2 is 1.80 bits per heavy atom. The molecule has 2 aliphatic rings. The van der Waals surface area contributed by atoms with Crippen LogP contribution in [0.1, 0.15) is 25.3 Å². The van der Waals surface area contributed by atoms with Crippen LogP contribution in [0, 0.1) is 11.8 Å². The minimum absolute atomic E-state index is 0.0250. The Labute approximate surface area is 156 Å². The van der Waals surface area contributed by atoms with Crippen LogP contribution < -0.4 is 0 Å². The third-order valence-electron chi connectivity index (χ3n) is 5.42. The molecule has 1 atom stereocenters. The Bertz CT molecular complexity index is 549. The van der Waals surface area contributed by atoms with Gasteiger partial charge in [0.2, 0.25) is 5.91 Å². The SMILES string of the molecule is CC(Cc1ccc(Cl)cc1)C(=O)N1CCC(CN2CCOCC2)CC1. The molecule has 1 unspecified atom stereocenters. The van der Waals surface area contributed by atoms with E-state index in [2.05, 4.69) is 9.80 Å². The summed E-state index contributed by atoms with van der Waals surface area (Å²) in [6.45, 7) is 8.83. The van der Waals surface area contributed by atoms with Crippen molar-refractivity contribution in [1.29, 1.82) is 0 Å². The zero-order valence-electron chi connectivity index (χ0n) is 15.1. The number of halogens is 1. The molecule has 0 aromatic heterocycles. The van der Waals surface area contributed by atoms with Gasteiger partial charge in [-0.1, -0.05) is 30.7 Å². The minimum atomic E-state index is 0.0250. The second-order valence-corrected chi connectivity index (χ2v) is 7.85. The molecule has 2 heterocycles. The molecule has 0 aliphatic carbocycles. The quantitative estimate of drug-likeness (QED) is 0.804. The summed E-state index contributed by atoms with van der Waals surface area (Å²) in [7, 11) is 0. The maximum atomic E-state index is 12.7. The van der Waals surface area contributed by atoms with E-state index in [1.54, 1.807) is 0 Å². The second-order valence-electron chi connectivity index (χ2n) is 7.41. The lowest BCUT2D eigenvalue weighted by atomic mass is 9.93. The molecule has 25 heavy (non-hydrogen) atoms. The third kappa shape index (κ3) is 5.44. The molecule has 0 bridgehead atoms. The summed E-state index contributed by atoms with van der Waals surface area (Å²) >= 11 is 5.93. The van der Waals surface area contributed by atoms with Gasteiger partial charge in [-0.3, -0.25) is 9.69 Å². The number of benzene rings is 1. The minimum Gasteiger partial charge on any atom is -0.379 e. The van der Waals surface area contributed by atoms with E-state index in [9.17, 15) is 4.79 Å². The van der Waals surface area contributed by atoms with Gasteiger partial charge in [0.25, 0.3) is 0 Å². The Hall–Kier alpha value is -1.10. The summed E-state index contributed by atoms with van der Waals surface area (Å²) in [6.07, 6.45) is 3.03. The molecule has 1 aromatic carbocycles. The fraction of sp³-hybridized carbons (Fsp3) is 0.650. The topological polar surface area (TPSA) is 32.8 Å². The molecule has 3 rings (SSSR count).